The van der Waals surface area contributed by atoms with Crippen molar-refractivity contribution in [1.29, 1.82) is 0 Å². The van der Waals surface area contributed by atoms with Crippen molar-refractivity contribution in [2.24, 2.45) is 0 Å². The van der Waals surface area contributed by atoms with Crippen LogP contribution in [0.15, 0.2) is 23.2 Å². The zero-order valence-corrected chi connectivity index (χ0v) is 9.76. The van der Waals surface area contributed by atoms with Crippen molar-refractivity contribution in [2.45, 2.75) is 26.2 Å². The van der Waals surface area contributed by atoms with E-state index in [0.29, 0.717) is 18.9 Å². The fraction of sp³-hybridized carbons (Fsp3) is 0.455. The van der Waals surface area contributed by atoms with Crippen LogP contribution in [0.1, 0.15) is 24.9 Å². The molecule has 0 aromatic carbocycles. The normalized spacial score (nSPS) is 10.4. The second-order valence-electron chi connectivity index (χ2n) is 3.66. The first-order valence-electron chi connectivity index (χ1n) is 5.69. The average molecular weight is 233 g/mol. The molecule has 0 bridgehead atoms. The third kappa shape index (κ3) is 3.51. The first-order valence-corrected chi connectivity index (χ1v) is 5.69. The lowest BCUT2D eigenvalue weighted by Crippen LogP contribution is -2.07. The molecular weight excluding hydrogens is 218 g/mol. The minimum Gasteiger partial charge on any atom is -0.369 e. The van der Waals surface area contributed by atoms with Crippen molar-refractivity contribution >= 4 is 5.82 Å². The van der Waals surface area contributed by atoms with Crippen LogP contribution < -0.4 is 5.32 Å². The van der Waals surface area contributed by atoms with Gasteiger partial charge in [0, 0.05) is 24.7 Å². The molecule has 2 rings (SSSR count). The van der Waals surface area contributed by atoms with Gasteiger partial charge in [0.15, 0.2) is 6.33 Å². The average Bonchev–Trinajstić information content (AvgIpc) is 2.83. The van der Waals surface area contributed by atoms with Gasteiger partial charge < -0.3 is 9.84 Å². The van der Waals surface area contributed by atoms with Crippen LogP contribution in [0.2, 0.25) is 0 Å². The van der Waals surface area contributed by atoms with Gasteiger partial charge in [0.25, 0.3) is 0 Å². The Morgan fingerprint density at radius 2 is 2.12 bits per heavy atom. The van der Waals surface area contributed by atoms with Gasteiger partial charge in [-0.25, -0.2) is 9.97 Å². The molecule has 90 valence electrons. The summed E-state index contributed by atoms with van der Waals surface area (Å²) in [6, 6.07) is 1.97. The molecule has 0 unspecified atom stereocenters. The molecule has 1 N–H and O–H groups in total. The standard InChI is InChI=1S/C11H15N5O/c1-2-3-9-6-10(14-7-13-9)12-5-4-11-15-8-16-17-11/h6-8H,2-5H2,1H3,(H,12,13,14). The molecule has 17 heavy (non-hydrogen) atoms. The molecule has 0 aliphatic heterocycles. The largest absolute Gasteiger partial charge is 0.369 e. The molecule has 0 fully saturated rings. The van der Waals surface area contributed by atoms with E-state index in [1.54, 1.807) is 6.33 Å². The summed E-state index contributed by atoms with van der Waals surface area (Å²) < 4.78 is 4.90. The molecule has 2 aromatic heterocycles. The summed E-state index contributed by atoms with van der Waals surface area (Å²) in [5.74, 6) is 1.46. The highest BCUT2D eigenvalue weighted by atomic mass is 16.5. The van der Waals surface area contributed by atoms with E-state index in [2.05, 4.69) is 32.3 Å². The quantitative estimate of drug-likeness (QED) is 0.814. The van der Waals surface area contributed by atoms with Crippen LogP contribution in [0.25, 0.3) is 0 Å². The lowest BCUT2D eigenvalue weighted by molar-refractivity contribution is 0.379. The van der Waals surface area contributed by atoms with Crippen molar-refractivity contribution in [1.82, 2.24) is 20.1 Å². The van der Waals surface area contributed by atoms with Gasteiger partial charge in [0.2, 0.25) is 5.89 Å². The number of aryl methyl sites for hydroxylation is 1. The van der Waals surface area contributed by atoms with E-state index in [9.17, 15) is 0 Å². The van der Waals surface area contributed by atoms with Crippen molar-refractivity contribution in [3.05, 3.63) is 30.3 Å². The minimum atomic E-state index is 0.625. The zero-order valence-electron chi connectivity index (χ0n) is 9.76. The lowest BCUT2D eigenvalue weighted by atomic mass is 10.2. The van der Waals surface area contributed by atoms with Gasteiger partial charge in [0.1, 0.15) is 12.1 Å². The molecule has 0 radical (unpaired) electrons. The fourth-order valence-electron chi connectivity index (χ4n) is 1.49. The van der Waals surface area contributed by atoms with Crippen LogP contribution in [0.4, 0.5) is 5.82 Å². The monoisotopic (exact) mass is 233 g/mol. The highest BCUT2D eigenvalue weighted by molar-refractivity contribution is 5.34. The summed E-state index contributed by atoms with van der Waals surface area (Å²) in [6.45, 7) is 2.84. The Balaban J connectivity index is 1.84. The minimum absolute atomic E-state index is 0.625. The number of rotatable bonds is 6. The van der Waals surface area contributed by atoms with Gasteiger partial charge in [-0.2, -0.15) is 4.98 Å². The van der Waals surface area contributed by atoms with E-state index >= 15 is 0 Å². The second-order valence-corrected chi connectivity index (χ2v) is 3.66. The molecule has 2 aromatic rings. The number of hydrogen-bond donors (Lipinski definition) is 1. The van der Waals surface area contributed by atoms with Crippen molar-refractivity contribution in [2.75, 3.05) is 11.9 Å². The molecule has 0 aliphatic carbocycles. The molecule has 0 saturated carbocycles. The van der Waals surface area contributed by atoms with Gasteiger partial charge in [-0.05, 0) is 6.42 Å². The summed E-state index contributed by atoms with van der Waals surface area (Å²) in [4.78, 5) is 12.3. The Hall–Kier alpha value is -1.98. The van der Waals surface area contributed by atoms with Gasteiger partial charge in [-0.15, -0.1) is 0 Å². The third-order valence-corrected chi connectivity index (χ3v) is 2.28. The number of nitrogens with zero attached hydrogens (tertiary/aromatic N) is 4. The Labute approximate surface area is 99.5 Å². The predicted molar refractivity (Wildman–Crippen MR) is 62.5 cm³/mol. The van der Waals surface area contributed by atoms with Crippen molar-refractivity contribution in [3.63, 3.8) is 0 Å². The highest BCUT2D eigenvalue weighted by Crippen LogP contribution is 2.06. The van der Waals surface area contributed by atoms with E-state index in [-0.39, 0.29) is 0 Å². The molecule has 0 amide bonds. The van der Waals surface area contributed by atoms with Crippen LogP contribution in [0.5, 0.6) is 0 Å². The molecule has 0 atom stereocenters. The summed E-state index contributed by atoms with van der Waals surface area (Å²) in [5, 5.41) is 6.75. The van der Waals surface area contributed by atoms with Crippen LogP contribution >= 0.6 is 0 Å². The summed E-state index contributed by atoms with van der Waals surface area (Å²) in [5.41, 5.74) is 1.06. The first-order chi connectivity index (χ1) is 8.38. The highest BCUT2D eigenvalue weighted by Gasteiger charge is 2.00. The van der Waals surface area contributed by atoms with Crippen LogP contribution in [0, 0.1) is 0 Å². The molecule has 6 nitrogen and oxygen atoms in total. The summed E-state index contributed by atoms with van der Waals surface area (Å²) >= 11 is 0. The Bertz CT molecular complexity index is 443. The molecular formula is C11H15N5O. The van der Waals surface area contributed by atoms with Gasteiger partial charge in [-0.3, -0.25) is 0 Å². The maximum atomic E-state index is 4.90. The van der Waals surface area contributed by atoms with E-state index < -0.39 is 0 Å². The Kier molecular flexibility index (Phi) is 4.01. The lowest BCUT2D eigenvalue weighted by Gasteiger charge is -2.04. The smallest absolute Gasteiger partial charge is 0.228 e. The van der Waals surface area contributed by atoms with E-state index in [1.165, 1.54) is 6.33 Å². The van der Waals surface area contributed by atoms with E-state index in [4.69, 9.17) is 4.52 Å². The maximum Gasteiger partial charge on any atom is 0.228 e. The Morgan fingerprint density at radius 1 is 1.18 bits per heavy atom. The topological polar surface area (TPSA) is 76.7 Å². The van der Waals surface area contributed by atoms with Crippen molar-refractivity contribution in [3.8, 4) is 0 Å². The number of hydrogen-bond acceptors (Lipinski definition) is 6. The zero-order chi connectivity index (χ0) is 11.9. The summed E-state index contributed by atoms with van der Waals surface area (Å²) in [7, 11) is 0. The SMILES string of the molecule is CCCc1cc(NCCc2ncno2)ncn1. The second kappa shape index (κ2) is 5.93. The predicted octanol–water partition coefficient (Wildman–Crippen LogP) is 1.47. The number of nitrogens with one attached hydrogen (secondary N) is 1. The van der Waals surface area contributed by atoms with Crippen LogP contribution in [0.3, 0.4) is 0 Å². The molecule has 2 heterocycles. The van der Waals surface area contributed by atoms with Crippen LogP contribution in [-0.2, 0) is 12.8 Å². The molecule has 0 saturated heterocycles. The van der Waals surface area contributed by atoms with Gasteiger partial charge in [-0.1, -0.05) is 18.5 Å². The fourth-order valence-corrected chi connectivity index (χ4v) is 1.49. The molecule has 6 heteroatoms. The third-order valence-electron chi connectivity index (χ3n) is 2.28. The molecule has 0 spiro atoms. The maximum absolute atomic E-state index is 4.90. The van der Waals surface area contributed by atoms with Crippen molar-refractivity contribution < 1.29 is 4.52 Å². The first kappa shape index (κ1) is 11.5. The summed E-state index contributed by atoms with van der Waals surface area (Å²) in [6.07, 6.45) is 5.73. The van der Waals surface area contributed by atoms with E-state index in [1.807, 2.05) is 6.07 Å². The van der Waals surface area contributed by atoms with Crippen LogP contribution in [-0.4, -0.2) is 26.7 Å². The van der Waals surface area contributed by atoms with Gasteiger partial charge in [0.05, 0.1) is 0 Å². The van der Waals surface area contributed by atoms with E-state index in [0.717, 1.165) is 24.4 Å². The number of anilines is 1. The van der Waals surface area contributed by atoms with Gasteiger partial charge >= 0.3 is 0 Å². The Morgan fingerprint density at radius 3 is 2.88 bits per heavy atom. The number of aromatic nitrogens is 4. The molecule has 0 aliphatic rings.